The second kappa shape index (κ2) is 7.51. The monoisotopic (exact) mass is 219 g/mol. The zero-order valence-corrected chi connectivity index (χ0v) is 9.72. The van der Waals surface area contributed by atoms with Gasteiger partial charge in [0.05, 0.1) is 6.10 Å². The predicted molar refractivity (Wildman–Crippen MR) is 60.8 cm³/mol. The molecule has 0 aromatic carbocycles. The number of thioether (sulfide) groups is 1. The SMILES string of the molecule is CCOC(CN)CSC1CCOCC1. The number of hydrogen-bond acceptors (Lipinski definition) is 4. The van der Waals surface area contributed by atoms with Gasteiger partial charge in [0, 0.05) is 37.4 Å². The smallest absolute Gasteiger partial charge is 0.0787 e. The maximum atomic E-state index is 5.61. The minimum Gasteiger partial charge on any atom is -0.381 e. The van der Waals surface area contributed by atoms with E-state index in [4.69, 9.17) is 15.2 Å². The summed E-state index contributed by atoms with van der Waals surface area (Å²) in [4.78, 5) is 0. The van der Waals surface area contributed by atoms with Crippen molar-refractivity contribution >= 4 is 11.8 Å². The second-order valence-corrected chi connectivity index (χ2v) is 4.79. The first-order valence-electron chi connectivity index (χ1n) is 5.37. The molecule has 0 aromatic heterocycles. The highest BCUT2D eigenvalue weighted by Crippen LogP contribution is 2.22. The molecule has 0 saturated carbocycles. The maximum Gasteiger partial charge on any atom is 0.0787 e. The molecular formula is C10H21NO2S. The van der Waals surface area contributed by atoms with E-state index < -0.39 is 0 Å². The molecule has 1 atom stereocenters. The quantitative estimate of drug-likeness (QED) is 0.730. The van der Waals surface area contributed by atoms with Gasteiger partial charge in [0.2, 0.25) is 0 Å². The van der Waals surface area contributed by atoms with Crippen LogP contribution < -0.4 is 5.73 Å². The molecule has 0 bridgehead atoms. The standard InChI is InChI=1S/C10H21NO2S/c1-2-13-9(7-11)8-14-10-3-5-12-6-4-10/h9-10H,2-8,11H2,1H3. The summed E-state index contributed by atoms with van der Waals surface area (Å²) < 4.78 is 10.8. The summed E-state index contributed by atoms with van der Waals surface area (Å²) in [5.74, 6) is 1.02. The van der Waals surface area contributed by atoms with Gasteiger partial charge >= 0.3 is 0 Å². The first-order valence-corrected chi connectivity index (χ1v) is 6.42. The summed E-state index contributed by atoms with van der Waals surface area (Å²) in [6.45, 7) is 5.24. The van der Waals surface area contributed by atoms with Gasteiger partial charge in [0.15, 0.2) is 0 Å². The number of nitrogens with two attached hydrogens (primary N) is 1. The highest BCUT2D eigenvalue weighted by Gasteiger charge is 2.16. The molecule has 1 aliphatic rings. The van der Waals surface area contributed by atoms with Crippen LogP contribution in [0.5, 0.6) is 0 Å². The van der Waals surface area contributed by atoms with E-state index in [0.29, 0.717) is 6.54 Å². The molecule has 0 aromatic rings. The molecule has 1 heterocycles. The average Bonchev–Trinajstić information content (AvgIpc) is 2.25. The van der Waals surface area contributed by atoms with Gasteiger partial charge in [0.1, 0.15) is 0 Å². The third-order valence-corrected chi connectivity index (χ3v) is 3.86. The van der Waals surface area contributed by atoms with Crippen molar-refractivity contribution in [3.8, 4) is 0 Å². The third kappa shape index (κ3) is 4.64. The van der Waals surface area contributed by atoms with Gasteiger partial charge in [-0.15, -0.1) is 0 Å². The summed E-state index contributed by atoms with van der Waals surface area (Å²) in [5.41, 5.74) is 5.61. The van der Waals surface area contributed by atoms with Crippen molar-refractivity contribution in [1.82, 2.24) is 0 Å². The maximum absolute atomic E-state index is 5.61. The van der Waals surface area contributed by atoms with Gasteiger partial charge in [-0.25, -0.2) is 0 Å². The topological polar surface area (TPSA) is 44.5 Å². The Morgan fingerprint density at radius 2 is 2.21 bits per heavy atom. The average molecular weight is 219 g/mol. The Kier molecular flexibility index (Phi) is 6.60. The molecule has 1 rings (SSSR count). The normalized spacial score (nSPS) is 21.0. The molecule has 1 saturated heterocycles. The zero-order valence-electron chi connectivity index (χ0n) is 8.91. The summed E-state index contributed by atoms with van der Waals surface area (Å²) in [6.07, 6.45) is 2.58. The van der Waals surface area contributed by atoms with Gasteiger partial charge in [-0.2, -0.15) is 11.8 Å². The Morgan fingerprint density at radius 3 is 2.79 bits per heavy atom. The molecule has 4 heteroatoms. The molecule has 0 spiro atoms. The molecule has 14 heavy (non-hydrogen) atoms. The Balaban J connectivity index is 2.10. The van der Waals surface area contributed by atoms with Crippen LogP contribution in [0.15, 0.2) is 0 Å². The molecule has 0 radical (unpaired) electrons. The van der Waals surface area contributed by atoms with Crippen LogP contribution in [0.4, 0.5) is 0 Å². The lowest BCUT2D eigenvalue weighted by atomic mass is 10.2. The number of ether oxygens (including phenoxy) is 2. The van der Waals surface area contributed by atoms with Crippen molar-refractivity contribution in [3.63, 3.8) is 0 Å². The van der Waals surface area contributed by atoms with Crippen molar-refractivity contribution in [1.29, 1.82) is 0 Å². The van der Waals surface area contributed by atoms with Crippen molar-refractivity contribution in [2.75, 3.05) is 32.1 Å². The number of rotatable bonds is 6. The Morgan fingerprint density at radius 1 is 1.50 bits per heavy atom. The molecule has 1 aliphatic heterocycles. The van der Waals surface area contributed by atoms with Gasteiger partial charge < -0.3 is 15.2 Å². The Bertz CT molecular complexity index is 135. The Hall–Kier alpha value is 0.230. The lowest BCUT2D eigenvalue weighted by molar-refractivity contribution is 0.0846. The summed E-state index contributed by atoms with van der Waals surface area (Å²) in [5, 5.41) is 0.748. The van der Waals surface area contributed by atoms with Crippen LogP contribution in [0.2, 0.25) is 0 Å². The first-order chi connectivity index (χ1) is 6.86. The minimum atomic E-state index is 0.229. The van der Waals surface area contributed by atoms with E-state index >= 15 is 0 Å². The fourth-order valence-corrected chi connectivity index (χ4v) is 2.75. The van der Waals surface area contributed by atoms with Crippen LogP contribution in [0.3, 0.4) is 0 Å². The molecule has 3 nitrogen and oxygen atoms in total. The van der Waals surface area contributed by atoms with Gasteiger partial charge in [0.25, 0.3) is 0 Å². The zero-order chi connectivity index (χ0) is 10.2. The molecule has 84 valence electrons. The summed E-state index contributed by atoms with van der Waals surface area (Å²) in [6, 6.07) is 0. The largest absolute Gasteiger partial charge is 0.381 e. The highest BCUT2D eigenvalue weighted by atomic mass is 32.2. The van der Waals surface area contributed by atoms with Gasteiger partial charge in [-0.1, -0.05) is 0 Å². The number of hydrogen-bond donors (Lipinski definition) is 1. The first kappa shape index (κ1) is 12.3. The third-order valence-electron chi connectivity index (χ3n) is 2.35. The molecular weight excluding hydrogens is 198 g/mol. The molecule has 0 aliphatic carbocycles. The fraction of sp³-hybridized carbons (Fsp3) is 1.00. The van der Waals surface area contributed by atoms with Crippen molar-refractivity contribution in [2.24, 2.45) is 5.73 Å². The highest BCUT2D eigenvalue weighted by molar-refractivity contribution is 7.99. The van der Waals surface area contributed by atoms with E-state index in [1.54, 1.807) is 0 Å². The summed E-state index contributed by atoms with van der Waals surface area (Å²) in [7, 11) is 0. The van der Waals surface area contributed by atoms with Crippen molar-refractivity contribution in [2.45, 2.75) is 31.1 Å². The van der Waals surface area contributed by atoms with E-state index in [-0.39, 0.29) is 6.10 Å². The Labute approximate surface area is 90.7 Å². The van der Waals surface area contributed by atoms with Gasteiger partial charge in [-0.05, 0) is 19.8 Å². The predicted octanol–water partition coefficient (Wildman–Crippen LogP) is 1.26. The second-order valence-electron chi connectivity index (χ2n) is 3.46. The van der Waals surface area contributed by atoms with E-state index in [0.717, 1.165) is 30.8 Å². The van der Waals surface area contributed by atoms with Crippen LogP contribution in [0.1, 0.15) is 19.8 Å². The van der Waals surface area contributed by atoms with E-state index in [9.17, 15) is 0 Å². The molecule has 0 amide bonds. The lowest BCUT2D eigenvalue weighted by Gasteiger charge is -2.23. The minimum absolute atomic E-state index is 0.229. The van der Waals surface area contributed by atoms with Crippen LogP contribution >= 0.6 is 11.8 Å². The molecule has 1 unspecified atom stereocenters. The van der Waals surface area contributed by atoms with Crippen LogP contribution in [0, 0.1) is 0 Å². The lowest BCUT2D eigenvalue weighted by Crippen LogP contribution is -2.28. The molecule has 1 fully saturated rings. The fourth-order valence-electron chi connectivity index (χ4n) is 1.51. The van der Waals surface area contributed by atoms with Gasteiger partial charge in [-0.3, -0.25) is 0 Å². The summed E-state index contributed by atoms with van der Waals surface area (Å²) >= 11 is 1.98. The van der Waals surface area contributed by atoms with Crippen molar-refractivity contribution < 1.29 is 9.47 Å². The van der Waals surface area contributed by atoms with E-state index in [1.807, 2.05) is 18.7 Å². The van der Waals surface area contributed by atoms with Crippen LogP contribution in [-0.4, -0.2) is 43.5 Å². The van der Waals surface area contributed by atoms with Crippen LogP contribution in [-0.2, 0) is 9.47 Å². The van der Waals surface area contributed by atoms with E-state index in [2.05, 4.69) is 0 Å². The van der Waals surface area contributed by atoms with E-state index in [1.165, 1.54) is 12.8 Å². The van der Waals surface area contributed by atoms with Crippen molar-refractivity contribution in [3.05, 3.63) is 0 Å². The molecule has 2 N–H and O–H groups in total. The van der Waals surface area contributed by atoms with Crippen LogP contribution in [0.25, 0.3) is 0 Å².